The summed E-state index contributed by atoms with van der Waals surface area (Å²) < 4.78 is 8.41. The lowest BCUT2D eigenvalue weighted by atomic mass is 9.88. The zero-order valence-electron chi connectivity index (χ0n) is 17.0. The van der Waals surface area contributed by atoms with E-state index in [1.54, 1.807) is 29.4 Å². The quantitative estimate of drug-likeness (QED) is 0.707. The van der Waals surface area contributed by atoms with Gasteiger partial charge < -0.3 is 19.5 Å². The standard InChI is InChI=1S/C23H23N5O3/c29-20(26-17-6-2-1-3-7-17)19-16-28-15-12-25-22(28)23(31-19)9-13-27(14-10-23)21(30)18-8-4-5-11-24-18/h1-8,11-12,15,19H,9-10,13-14,16H2,(H,26,29). The zero-order chi connectivity index (χ0) is 21.3. The van der Waals surface area contributed by atoms with Crippen molar-refractivity contribution in [2.75, 3.05) is 18.4 Å². The van der Waals surface area contributed by atoms with Crippen molar-refractivity contribution in [3.8, 4) is 0 Å². The van der Waals surface area contributed by atoms with Gasteiger partial charge in [0.15, 0.2) is 6.10 Å². The molecule has 2 aliphatic heterocycles. The van der Waals surface area contributed by atoms with Crippen LogP contribution in [0.5, 0.6) is 0 Å². The van der Waals surface area contributed by atoms with Gasteiger partial charge >= 0.3 is 0 Å². The van der Waals surface area contributed by atoms with Crippen molar-refractivity contribution >= 4 is 17.5 Å². The first-order chi connectivity index (χ1) is 15.1. The predicted molar refractivity (Wildman–Crippen MR) is 113 cm³/mol. The first-order valence-corrected chi connectivity index (χ1v) is 10.4. The first kappa shape index (κ1) is 19.4. The maximum Gasteiger partial charge on any atom is 0.272 e. The molecule has 1 atom stereocenters. The van der Waals surface area contributed by atoms with E-state index in [4.69, 9.17) is 4.74 Å². The van der Waals surface area contributed by atoms with Crippen molar-refractivity contribution in [2.45, 2.75) is 31.1 Å². The molecule has 0 aliphatic carbocycles. The van der Waals surface area contributed by atoms with Gasteiger partial charge in [-0.15, -0.1) is 0 Å². The summed E-state index contributed by atoms with van der Waals surface area (Å²) in [7, 11) is 0. The van der Waals surface area contributed by atoms with Crippen LogP contribution in [0.2, 0.25) is 0 Å². The monoisotopic (exact) mass is 417 g/mol. The second-order valence-electron chi connectivity index (χ2n) is 7.87. The number of aromatic nitrogens is 3. The fourth-order valence-electron chi connectivity index (χ4n) is 4.34. The van der Waals surface area contributed by atoms with Crippen LogP contribution in [0.3, 0.4) is 0 Å². The van der Waals surface area contributed by atoms with Crippen molar-refractivity contribution in [1.82, 2.24) is 19.4 Å². The van der Waals surface area contributed by atoms with Crippen molar-refractivity contribution in [2.24, 2.45) is 0 Å². The number of imidazole rings is 1. The number of rotatable bonds is 3. The Morgan fingerprint density at radius 2 is 1.77 bits per heavy atom. The van der Waals surface area contributed by atoms with E-state index >= 15 is 0 Å². The average molecular weight is 417 g/mol. The van der Waals surface area contributed by atoms with Crippen LogP contribution >= 0.6 is 0 Å². The highest BCUT2D eigenvalue weighted by molar-refractivity contribution is 5.94. The van der Waals surface area contributed by atoms with Crippen LogP contribution < -0.4 is 5.32 Å². The van der Waals surface area contributed by atoms with Crippen LogP contribution in [0, 0.1) is 0 Å². The fourth-order valence-corrected chi connectivity index (χ4v) is 4.34. The number of piperidine rings is 1. The number of benzene rings is 1. The molecule has 4 heterocycles. The van der Waals surface area contributed by atoms with Crippen molar-refractivity contribution in [1.29, 1.82) is 0 Å². The zero-order valence-corrected chi connectivity index (χ0v) is 17.0. The average Bonchev–Trinajstić information content (AvgIpc) is 3.30. The molecule has 0 saturated carbocycles. The summed E-state index contributed by atoms with van der Waals surface area (Å²) in [5, 5.41) is 2.93. The Labute approximate surface area is 179 Å². The number of carbonyl (C=O) groups excluding carboxylic acids is 2. The largest absolute Gasteiger partial charge is 0.352 e. The summed E-state index contributed by atoms with van der Waals surface area (Å²) in [6, 6.07) is 14.7. The molecule has 1 spiro atoms. The maximum absolute atomic E-state index is 12.9. The Balaban J connectivity index is 1.33. The molecule has 5 rings (SSSR count). The van der Waals surface area contributed by atoms with Gasteiger partial charge in [-0.05, 0) is 24.3 Å². The second kappa shape index (κ2) is 7.96. The van der Waals surface area contributed by atoms with E-state index in [0.29, 0.717) is 38.2 Å². The van der Waals surface area contributed by atoms with Crippen molar-refractivity contribution in [3.05, 3.63) is 78.6 Å². The van der Waals surface area contributed by atoms with Crippen LogP contribution in [-0.4, -0.2) is 50.4 Å². The first-order valence-electron chi connectivity index (χ1n) is 10.4. The lowest BCUT2D eigenvalue weighted by Gasteiger charge is -2.45. The van der Waals surface area contributed by atoms with Gasteiger partial charge in [-0.2, -0.15) is 0 Å². The van der Waals surface area contributed by atoms with Crippen LogP contribution in [-0.2, 0) is 21.7 Å². The molecule has 3 aromatic rings. The molecular formula is C23H23N5O3. The molecule has 1 N–H and O–H groups in total. The van der Waals surface area contributed by atoms with E-state index in [9.17, 15) is 9.59 Å². The predicted octanol–water partition coefficient (Wildman–Crippen LogP) is 2.45. The molecule has 1 aromatic carbocycles. The van der Waals surface area contributed by atoms with Gasteiger partial charge in [0.05, 0.1) is 6.54 Å². The van der Waals surface area contributed by atoms with Crippen LogP contribution in [0.4, 0.5) is 5.69 Å². The number of pyridine rings is 1. The summed E-state index contributed by atoms with van der Waals surface area (Å²) in [5.74, 6) is 0.547. The second-order valence-corrected chi connectivity index (χ2v) is 7.87. The van der Waals surface area contributed by atoms with Gasteiger partial charge in [-0.3, -0.25) is 14.6 Å². The number of nitrogens with one attached hydrogen (secondary N) is 1. The number of anilines is 1. The number of amides is 2. The molecular weight excluding hydrogens is 394 g/mol. The molecule has 1 saturated heterocycles. The summed E-state index contributed by atoms with van der Waals surface area (Å²) in [4.78, 5) is 36.2. The number of para-hydroxylation sites is 1. The number of nitrogens with zero attached hydrogens (tertiary/aromatic N) is 4. The summed E-state index contributed by atoms with van der Waals surface area (Å²) >= 11 is 0. The minimum Gasteiger partial charge on any atom is -0.352 e. The molecule has 8 heteroatoms. The fraction of sp³-hybridized carbons (Fsp3) is 0.304. The molecule has 158 valence electrons. The Morgan fingerprint density at radius 3 is 2.52 bits per heavy atom. The highest BCUT2D eigenvalue weighted by atomic mass is 16.5. The summed E-state index contributed by atoms with van der Waals surface area (Å²) in [5.41, 5.74) is 0.475. The molecule has 2 amide bonds. The van der Waals surface area contributed by atoms with E-state index in [-0.39, 0.29) is 11.8 Å². The lowest BCUT2D eigenvalue weighted by Crippen LogP contribution is -2.54. The van der Waals surface area contributed by atoms with E-state index in [1.165, 1.54) is 0 Å². The SMILES string of the molecule is O=C(Nc1ccccc1)C1Cn2ccnc2C2(CCN(C(=O)c3ccccn3)CC2)O1. The molecule has 0 bridgehead atoms. The number of carbonyl (C=O) groups is 2. The highest BCUT2D eigenvalue weighted by Crippen LogP contribution is 2.40. The molecule has 1 fully saturated rings. The van der Waals surface area contributed by atoms with Gasteiger partial charge in [-0.25, -0.2) is 4.98 Å². The van der Waals surface area contributed by atoms with Gasteiger partial charge in [0.25, 0.3) is 11.8 Å². The highest BCUT2D eigenvalue weighted by Gasteiger charge is 2.47. The lowest BCUT2D eigenvalue weighted by molar-refractivity contribution is -0.168. The topological polar surface area (TPSA) is 89.4 Å². The van der Waals surface area contributed by atoms with E-state index in [1.807, 2.05) is 47.2 Å². The minimum atomic E-state index is -0.693. The van der Waals surface area contributed by atoms with Crippen LogP contribution in [0.25, 0.3) is 0 Å². The van der Waals surface area contributed by atoms with Crippen LogP contribution in [0.15, 0.2) is 67.1 Å². The number of hydrogen-bond donors (Lipinski definition) is 1. The third-order valence-corrected chi connectivity index (χ3v) is 5.93. The van der Waals surface area contributed by atoms with Crippen molar-refractivity contribution in [3.63, 3.8) is 0 Å². The summed E-state index contributed by atoms with van der Waals surface area (Å²) in [6.07, 6.45) is 5.74. The molecule has 2 aliphatic rings. The van der Waals surface area contributed by atoms with E-state index in [2.05, 4.69) is 15.3 Å². The molecule has 0 radical (unpaired) electrons. The Hall–Kier alpha value is -3.52. The van der Waals surface area contributed by atoms with Gasteiger partial charge in [-0.1, -0.05) is 24.3 Å². The Bertz CT molecular complexity index is 1070. The van der Waals surface area contributed by atoms with E-state index < -0.39 is 11.7 Å². The Morgan fingerprint density at radius 1 is 1.00 bits per heavy atom. The molecule has 8 nitrogen and oxygen atoms in total. The normalized spacial score (nSPS) is 19.6. The van der Waals surface area contributed by atoms with E-state index in [0.717, 1.165) is 11.5 Å². The Kier molecular flexibility index (Phi) is 4.99. The van der Waals surface area contributed by atoms with Crippen molar-refractivity contribution < 1.29 is 14.3 Å². The molecule has 31 heavy (non-hydrogen) atoms. The number of fused-ring (bicyclic) bond motifs is 2. The van der Waals surface area contributed by atoms with Crippen LogP contribution in [0.1, 0.15) is 29.2 Å². The molecule has 1 unspecified atom stereocenters. The molecule has 2 aromatic heterocycles. The van der Waals surface area contributed by atoms with Gasteiger partial charge in [0, 0.05) is 50.2 Å². The number of hydrogen-bond acceptors (Lipinski definition) is 5. The third-order valence-electron chi connectivity index (χ3n) is 5.93. The third kappa shape index (κ3) is 3.70. The van der Waals surface area contributed by atoms with Gasteiger partial charge in [0.2, 0.25) is 0 Å². The maximum atomic E-state index is 12.9. The minimum absolute atomic E-state index is 0.0898. The smallest absolute Gasteiger partial charge is 0.272 e. The summed E-state index contributed by atoms with van der Waals surface area (Å²) in [6.45, 7) is 1.43. The van der Waals surface area contributed by atoms with Gasteiger partial charge in [0.1, 0.15) is 17.1 Å². The number of likely N-dealkylation sites (tertiary alicyclic amines) is 1. The number of ether oxygens (including phenoxy) is 1.